The van der Waals surface area contributed by atoms with Crippen molar-refractivity contribution in [3.63, 3.8) is 0 Å². The first-order valence-electron chi connectivity index (χ1n) is 6.13. The minimum Gasteiger partial charge on any atom is -0.489 e. The van der Waals surface area contributed by atoms with Crippen LogP contribution in [0.5, 0.6) is 5.75 Å². The molecule has 0 radical (unpaired) electrons. The Labute approximate surface area is 105 Å². The Kier molecular flexibility index (Phi) is 3.81. The fourth-order valence-electron chi connectivity index (χ4n) is 2.19. The van der Waals surface area contributed by atoms with E-state index in [0.29, 0.717) is 5.75 Å². The number of aromatic nitrogens is 1. The van der Waals surface area contributed by atoms with Gasteiger partial charge in [-0.3, -0.25) is 4.98 Å². The summed E-state index contributed by atoms with van der Waals surface area (Å²) in [6.45, 7) is 0.192. The van der Waals surface area contributed by atoms with Crippen LogP contribution in [0, 0.1) is 0 Å². The van der Waals surface area contributed by atoms with Gasteiger partial charge in [0.25, 0.3) is 0 Å². The quantitative estimate of drug-likeness (QED) is 0.853. The standard InChI is InChI=1S/C13H17NO4/c15-12(16)10-6-11(8-14-7-10)18-9-13(17)4-2-1-3-5-13/h6-8,17H,1-5,9H2,(H,15,16). The van der Waals surface area contributed by atoms with Crippen molar-refractivity contribution in [2.45, 2.75) is 37.7 Å². The van der Waals surface area contributed by atoms with Crippen molar-refractivity contribution in [2.24, 2.45) is 0 Å². The number of nitrogens with zero attached hydrogens (tertiary/aromatic N) is 1. The van der Waals surface area contributed by atoms with E-state index in [1.807, 2.05) is 0 Å². The van der Waals surface area contributed by atoms with E-state index in [9.17, 15) is 9.90 Å². The molecule has 1 aliphatic carbocycles. The molecule has 0 bridgehead atoms. The zero-order valence-electron chi connectivity index (χ0n) is 10.1. The lowest BCUT2D eigenvalue weighted by Gasteiger charge is -2.31. The molecule has 1 heterocycles. The number of rotatable bonds is 4. The summed E-state index contributed by atoms with van der Waals surface area (Å²) in [4.78, 5) is 14.6. The molecule has 2 N–H and O–H groups in total. The molecule has 2 rings (SSSR count). The number of ether oxygens (including phenoxy) is 1. The predicted octanol–water partition coefficient (Wildman–Crippen LogP) is 1.85. The van der Waals surface area contributed by atoms with Crippen molar-refractivity contribution in [3.05, 3.63) is 24.0 Å². The van der Waals surface area contributed by atoms with E-state index < -0.39 is 11.6 Å². The van der Waals surface area contributed by atoms with E-state index >= 15 is 0 Å². The Hall–Kier alpha value is -1.62. The van der Waals surface area contributed by atoms with Crippen molar-refractivity contribution in [3.8, 4) is 5.75 Å². The van der Waals surface area contributed by atoms with Crippen LogP contribution in [-0.2, 0) is 0 Å². The fraction of sp³-hybridized carbons (Fsp3) is 0.538. The smallest absolute Gasteiger partial charge is 0.337 e. The second-order valence-corrected chi connectivity index (χ2v) is 4.79. The summed E-state index contributed by atoms with van der Waals surface area (Å²) in [7, 11) is 0. The molecular weight excluding hydrogens is 234 g/mol. The Morgan fingerprint density at radius 3 is 2.72 bits per heavy atom. The average molecular weight is 251 g/mol. The maximum absolute atomic E-state index is 10.8. The highest BCUT2D eigenvalue weighted by molar-refractivity contribution is 5.87. The van der Waals surface area contributed by atoms with Gasteiger partial charge in [0, 0.05) is 6.20 Å². The molecule has 5 heteroatoms. The minimum absolute atomic E-state index is 0.0862. The molecular formula is C13H17NO4. The average Bonchev–Trinajstić information content (AvgIpc) is 2.38. The highest BCUT2D eigenvalue weighted by Gasteiger charge is 2.30. The molecule has 98 valence electrons. The van der Waals surface area contributed by atoms with Crippen LogP contribution in [0.4, 0.5) is 0 Å². The number of aliphatic hydroxyl groups is 1. The lowest BCUT2D eigenvalue weighted by molar-refractivity contribution is -0.0339. The third-order valence-corrected chi connectivity index (χ3v) is 3.25. The van der Waals surface area contributed by atoms with Crippen LogP contribution >= 0.6 is 0 Å². The number of carboxylic acids is 1. The summed E-state index contributed by atoms with van der Waals surface area (Å²) in [6, 6.07) is 1.42. The fourth-order valence-corrected chi connectivity index (χ4v) is 2.19. The number of carbonyl (C=O) groups is 1. The molecule has 5 nitrogen and oxygen atoms in total. The van der Waals surface area contributed by atoms with E-state index in [1.54, 1.807) is 0 Å². The van der Waals surface area contributed by atoms with E-state index in [-0.39, 0.29) is 12.2 Å². The van der Waals surface area contributed by atoms with Gasteiger partial charge in [0.1, 0.15) is 12.4 Å². The Bertz CT molecular complexity index is 427. The van der Waals surface area contributed by atoms with Gasteiger partial charge in [0.05, 0.1) is 17.4 Å². The van der Waals surface area contributed by atoms with Crippen molar-refractivity contribution < 1.29 is 19.7 Å². The van der Waals surface area contributed by atoms with Gasteiger partial charge >= 0.3 is 5.97 Å². The van der Waals surface area contributed by atoms with Crippen LogP contribution in [0.25, 0.3) is 0 Å². The SMILES string of the molecule is O=C(O)c1cncc(OCC2(O)CCCCC2)c1. The Morgan fingerprint density at radius 1 is 1.33 bits per heavy atom. The van der Waals surface area contributed by atoms with Gasteiger partial charge in [-0.1, -0.05) is 19.3 Å². The van der Waals surface area contributed by atoms with Crippen LogP contribution < -0.4 is 4.74 Å². The van der Waals surface area contributed by atoms with Crippen molar-refractivity contribution in [1.82, 2.24) is 4.98 Å². The van der Waals surface area contributed by atoms with Gasteiger partial charge in [-0.15, -0.1) is 0 Å². The number of pyridine rings is 1. The topological polar surface area (TPSA) is 79.7 Å². The Morgan fingerprint density at radius 2 is 2.06 bits per heavy atom. The van der Waals surface area contributed by atoms with E-state index in [2.05, 4.69) is 4.98 Å². The third kappa shape index (κ3) is 3.20. The van der Waals surface area contributed by atoms with Gasteiger partial charge < -0.3 is 14.9 Å². The summed E-state index contributed by atoms with van der Waals surface area (Å²) < 4.78 is 5.46. The first-order chi connectivity index (χ1) is 8.59. The van der Waals surface area contributed by atoms with Crippen LogP contribution in [0.3, 0.4) is 0 Å². The van der Waals surface area contributed by atoms with Crippen LogP contribution in [0.2, 0.25) is 0 Å². The predicted molar refractivity (Wildman–Crippen MR) is 64.7 cm³/mol. The van der Waals surface area contributed by atoms with Crippen LogP contribution in [-0.4, -0.2) is 33.4 Å². The Balaban J connectivity index is 1.97. The molecule has 18 heavy (non-hydrogen) atoms. The molecule has 1 aromatic heterocycles. The normalized spacial score (nSPS) is 18.3. The van der Waals surface area contributed by atoms with Gasteiger partial charge in [0.15, 0.2) is 0 Å². The third-order valence-electron chi connectivity index (χ3n) is 3.25. The van der Waals surface area contributed by atoms with Crippen LogP contribution in [0.15, 0.2) is 18.5 Å². The van der Waals surface area contributed by atoms with Crippen LogP contribution in [0.1, 0.15) is 42.5 Å². The highest BCUT2D eigenvalue weighted by atomic mass is 16.5. The summed E-state index contributed by atoms with van der Waals surface area (Å²) in [5, 5.41) is 19.1. The number of hydrogen-bond donors (Lipinski definition) is 2. The number of carboxylic acid groups (broad SMARTS) is 1. The summed E-state index contributed by atoms with van der Waals surface area (Å²) in [5.41, 5.74) is -0.694. The first kappa shape index (κ1) is 12.8. The molecule has 0 saturated heterocycles. The van der Waals surface area contributed by atoms with E-state index in [4.69, 9.17) is 9.84 Å². The molecule has 0 spiro atoms. The molecule has 0 unspecified atom stereocenters. The molecule has 1 aromatic rings. The van der Waals surface area contributed by atoms with Crippen molar-refractivity contribution >= 4 is 5.97 Å². The molecule has 1 fully saturated rings. The van der Waals surface area contributed by atoms with Gasteiger partial charge in [-0.05, 0) is 18.9 Å². The molecule has 1 aliphatic rings. The molecule has 0 aromatic carbocycles. The second kappa shape index (κ2) is 5.35. The molecule has 0 atom stereocenters. The maximum atomic E-state index is 10.8. The summed E-state index contributed by atoms with van der Waals surface area (Å²) in [5.74, 6) is -0.654. The highest BCUT2D eigenvalue weighted by Crippen LogP contribution is 2.28. The lowest BCUT2D eigenvalue weighted by Crippen LogP contribution is -2.37. The maximum Gasteiger partial charge on any atom is 0.337 e. The van der Waals surface area contributed by atoms with Crippen molar-refractivity contribution in [1.29, 1.82) is 0 Å². The lowest BCUT2D eigenvalue weighted by atomic mass is 9.85. The monoisotopic (exact) mass is 251 g/mol. The summed E-state index contributed by atoms with van der Waals surface area (Å²) in [6.07, 6.45) is 7.36. The second-order valence-electron chi connectivity index (χ2n) is 4.79. The first-order valence-corrected chi connectivity index (χ1v) is 6.13. The molecule has 1 saturated carbocycles. The largest absolute Gasteiger partial charge is 0.489 e. The molecule has 0 amide bonds. The van der Waals surface area contributed by atoms with E-state index in [0.717, 1.165) is 32.1 Å². The zero-order chi connectivity index (χ0) is 13.0. The van der Waals surface area contributed by atoms with Crippen molar-refractivity contribution in [2.75, 3.05) is 6.61 Å². The van der Waals surface area contributed by atoms with Gasteiger partial charge in [0.2, 0.25) is 0 Å². The minimum atomic E-state index is -1.04. The zero-order valence-corrected chi connectivity index (χ0v) is 10.1. The summed E-state index contributed by atoms with van der Waals surface area (Å²) >= 11 is 0. The molecule has 0 aliphatic heterocycles. The van der Waals surface area contributed by atoms with E-state index in [1.165, 1.54) is 18.5 Å². The number of hydrogen-bond acceptors (Lipinski definition) is 4. The van der Waals surface area contributed by atoms with Gasteiger partial charge in [-0.25, -0.2) is 4.79 Å². The number of aromatic carboxylic acids is 1. The van der Waals surface area contributed by atoms with Gasteiger partial charge in [-0.2, -0.15) is 0 Å².